The van der Waals surface area contributed by atoms with Crippen molar-refractivity contribution in [2.45, 2.75) is 52.7 Å². The molecule has 0 radical (unpaired) electrons. The van der Waals surface area contributed by atoms with Crippen molar-refractivity contribution in [3.63, 3.8) is 0 Å². The lowest BCUT2D eigenvalue weighted by atomic mass is 10.0. The fourth-order valence-corrected chi connectivity index (χ4v) is 3.73. The highest BCUT2D eigenvalue weighted by Gasteiger charge is 2.23. The number of hydrogen-bond acceptors (Lipinski definition) is 6. The summed E-state index contributed by atoms with van der Waals surface area (Å²) < 4.78 is 16.2. The van der Waals surface area contributed by atoms with Crippen molar-refractivity contribution in [1.29, 1.82) is 0 Å². The van der Waals surface area contributed by atoms with Crippen LogP contribution in [0.25, 0.3) is 11.1 Å². The maximum atomic E-state index is 12.9. The second-order valence-corrected chi connectivity index (χ2v) is 9.44. The number of oxazole rings is 1. The Morgan fingerprint density at radius 3 is 2.51 bits per heavy atom. The van der Waals surface area contributed by atoms with Gasteiger partial charge >= 0.3 is 12.1 Å². The van der Waals surface area contributed by atoms with E-state index in [1.807, 2.05) is 69.3 Å². The van der Waals surface area contributed by atoms with E-state index in [0.717, 1.165) is 16.7 Å². The molecule has 0 bridgehead atoms. The topological polar surface area (TPSA) is 81.9 Å². The van der Waals surface area contributed by atoms with Crippen molar-refractivity contribution in [2.75, 3.05) is 13.2 Å². The van der Waals surface area contributed by atoms with E-state index in [0.29, 0.717) is 42.8 Å². The van der Waals surface area contributed by atoms with Gasteiger partial charge in [-0.1, -0.05) is 54.1 Å². The van der Waals surface area contributed by atoms with Gasteiger partial charge in [-0.05, 0) is 44.9 Å². The number of hydrogen-bond donors (Lipinski definition) is 0. The minimum atomic E-state index is -0.639. The molecule has 0 aliphatic carbocycles. The van der Waals surface area contributed by atoms with E-state index in [1.165, 1.54) is 6.20 Å². The van der Waals surface area contributed by atoms with Crippen LogP contribution in [-0.4, -0.2) is 40.7 Å². The minimum absolute atomic E-state index is 0.0167. The zero-order valence-electron chi connectivity index (χ0n) is 20.5. The summed E-state index contributed by atoms with van der Waals surface area (Å²) in [4.78, 5) is 30.4. The number of rotatable bonds is 9. The molecule has 1 aromatic heterocycles. The monoisotopic (exact) mass is 498 g/mol. The van der Waals surface area contributed by atoms with Gasteiger partial charge in [-0.2, -0.15) is 0 Å². The fourth-order valence-electron chi connectivity index (χ4n) is 3.42. The first kappa shape index (κ1) is 26.3. The molecule has 3 aromatic rings. The van der Waals surface area contributed by atoms with Gasteiger partial charge in [0.05, 0.1) is 12.8 Å². The quantitative estimate of drug-likeness (QED) is 0.332. The molecule has 0 spiro atoms. The SMILES string of the molecule is CCOC(=O)Cc1cnc(CCN(Cc2ccc(-c3ccccc3)c(Cl)c2)C(=O)OC(C)(C)C)o1. The fraction of sp³-hybridized carbons (Fsp3) is 0.370. The average molecular weight is 499 g/mol. The number of halogens is 1. The maximum absolute atomic E-state index is 12.9. The number of esters is 1. The Labute approximate surface area is 211 Å². The smallest absolute Gasteiger partial charge is 0.410 e. The molecule has 0 N–H and O–H groups in total. The van der Waals surface area contributed by atoms with Crippen LogP contribution in [0.1, 0.15) is 44.9 Å². The van der Waals surface area contributed by atoms with Gasteiger partial charge in [0.25, 0.3) is 0 Å². The summed E-state index contributed by atoms with van der Waals surface area (Å²) in [6, 6.07) is 15.7. The summed E-state index contributed by atoms with van der Waals surface area (Å²) in [5, 5.41) is 0.606. The lowest BCUT2D eigenvalue weighted by Gasteiger charge is -2.27. The Balaban J connectivity index is 1.72. The molecule has 1 amide bonds. The second-order valence-electron chi connectivity index (χ2n) is 9.03. The number of ether oxygens (including phenoxy) is 2. The van der Waals surface area contributed by atoms with Crippen LogP contribution in [0, 0.1) is 0 Å². The van der Waals surface area contributed by atoms with Crippen LogP contribution in [0.3, 0.4) is 0 Å². The zero-order valence-corrected chi connectivity index (χ0v) is 21.3. The summed E-state index contributed by atoms with van der Waals surface area (Å²) in [7, 11) is 0. The molecule has 0 aliphatic heterocycles. The molecular weight excluding hydrogens is 468 g/mol. The third-order valence-electron chi connectivity index (χ3n) is 4.96. The third kappa shape index (κ3) is 8.14. The number of benzene rings is 2. The predicted molar refractivity (Wildman–Crippen MR) is 134 cm³/mol. The van der Waals surface area contributed by atoms with Crippen LogP contribution in [0.5, 0.6) is 0 Å². The van der Waals surface area contributed by atoms with Crippen molar-refractivity contribution in [1.82, 2.24) is 9.88 Å². The van der Waals surface area contributed by atoms with Crippen LogP contribution < -0.4 is 0 Å². The molecule has 35 heavy (non-hydrogen) atoms. The summed E-state index contributed by atoms with van der Waals surface area (Å²) in [5.41, 5.74) is 2.18. The normalized spacial score (nSPS) is 11.2. The van der Waals surface area contributed by atoms with Gasteiger partial charge in [0.2, 0.25) is 0 Å². The summed E-state index contributed by atoms with van der Waals surface area (Å²) >= 11 is 6.58. The standard InChI is InChI=1S/C27H31ClN2O5/c1-5-33-25(31)16-21-17-29-24(34-21)13-14-30(26(32)35-27(2,3)4)18-19-11-12-22(23(28)15-19)20-9-7-6-8-10-20/h6-12,15,17H,5,13-14,16,18H2,1-4H3. The zero-order chi connectivity index (χ0) is 25.4. The maximum Gasteiger partial charge on any atom is 0.410 e. The highest BCUT2D eigenvalue weighted by molar-refractivity contribution is 6.33. The highest BCUT2D eigenvalue weighted by Crippen LogP contribution is 2.29. The van der Waals surface area contributed by atoms with Gasteiger partial charge in [-0.25, -0.2) is 9.78 Å². The van der Waals surface area contributed by atoms with Crippen molar-refractivity contribution >= 4 is 23.7 Å². The lowest BCUT2D eigenvalue weighted by Crippen LogP contribution is -2.37. The summed E-state index contributed by atoms with van der Waals surface area (Å²) in [6.45, 7) is 8.14. The molecular formula is C27H31ClN2O5. The van der Waals surface area contributed by atoms with Crippen LogP contribution >= 0.6 is 11.6 Å². The Hall–Kier alpha value is -3.32. The largest absolute Gasteiger partial charge is 0.466 e. The predicted octanol–water partition coefficient (Wildman–Crippen LogP) is 6.08. The number of amides is 1. The first-order chi connectivity index (χ1) is 16.6. The van der Waals surface area contributed by atoms with Crippen LogP contribution in [0.15, 0.2) is 59.1 Å². The Morgan fingerprint density at radius 2 is 1.86 bits per heavy atom. The molecule has 0 aliphatic rings. The minimum Gasteiger partial charge on any atom is -0.466 e. The van der Waals surface area contributed by atoms with Crippen molar-refractivity contribution < 1.29 is 23.5 Å². The van der Waals surface area contributed by atoms with Crippen LogP contribution in [0.4, 0.5) is 4.79 Å². The molecule has 0 saturated carbocycles. The third-order valence-corrected chi connectivity index (χ3v) is 5.28. The van der Waals surface area contributed by atoms with Gasteiger partial charge in [0.15, 0.2) is 5.89 Å². The first-order valence-electron chi connectivity index (χ1n) is 11.6. The summed E-state index contributed by atoms with van der Waals surface area (Å²) in [6.07, 6.45) is 1.44. The van der Waals surface area contributed by atoms with E-state index in [2.05, 4.69) is 4.98 Å². The van der Waals surface area contributed by atoms with E-state index in [4.69, 9.17) is 25.5 Å². The number of aromatic nitrogens is 1. The Kier molecular flexibility index (Phi) is 8.93. The molecule has 8 heteroatoms. The highest BCUT2D eigenvalue weighted by atomic mass is 35.5. The molecule has 7 nitrogen and oxygen atoms in total. The molecule has 0 fully saturated rings. The molecule has 1 heterocycles. The molecule has 0 atom stereocenters. The van der Waals surface area contributed by atoms with Crippen LogP contribution in [-0.2, 0) is 33.7 Å². The van der Waals surface area contributed by atoms with E-state index in [1.54, 1.807) is 11.8 Å². The van der Waals surface area contributed by atoms with Gasteiger partial charge in [0.1, 0.15) is 17.8 Å². The number of nitrogens with zero attached hydrogens (tertiary/aromatic N) is 2. The van der Waals surface area contributed by atoms with Gasteiger partial charge in [0, 0.05) is 30.1 Å². The van der Waals surface area contributed by atoms with E-state index in [-0.39, 0.29) is 12.4 Å². The number of carbonyl (C=O) groups is 2. The van der Waals surface area contributed by atoms with Gasteiger partial charge < -0.3 is 18.8 Å². The van der Waals surface area contributed by atoms with Gasteiger partial charge in [-0.15, -0.1) is 0 Å². The lowest BCUT2D eigenvalue weighted by molar-refractivity contribution is -0.142. The molecule has 3 rings (SSSR count). The molecule has 2 aromatic carbocycles. The van der Waals surface area contributed by atoms with Gasteiger partial charge in [-0.3, -0.25) is 4.79 Å². The Morgan fingerprint density at radius 1 is 1.11 bits per heavy atom. The van der Waals surface area contributed by atoms with E-state index < -0.39 is 11.7 Å². The summed E-state index contributed by atoms with van der Waals surface area (Å²) in [5.74, 6) is 0.474. The molecule has 0 unspecified atom stereocenters. The number of carbonyl (C=O) groups excluding carboxylic acids is 2. The molecule has 186 valence electrons. The Bertz CT molecular complexity index is 1140. The van der Waals surface area contributed by atoms with Crippen LogP contribution in [0.2, 0.25) is 5.02 Å². The van der Waals surface area contributed by atoms with Crippen molar-refractivity contribution in [2.24, 2.45) is 0 Å². The van der Waals surface area contributed by atoms with Crippen molar-refractivity contribution in [3.05, 3.63) is 77.0 Å². The average Bonchev–Trinajstić information content (AvgIpc) is 3.23. The van der Waals surface area contributed by atoms with E-state index in [9.17, 15) is 9.59 Å². The molecule has 0 saturated heterocycles. The van der Waals surface area contributed by atoms with E-state index >= 15 is 0 Å². The second kappa shape index (κ2) is 11.9. The first-order valence-corrected chi connectivity index (χ1v) is 11.9. The van der Waals surface area contributed by atoms with Crippen molar-refractivity contribution in [3.8, 4) is 11.1 Å².